The van der Waals surface area contributed by atoms with Crippen LogP contribution in [0.15, 0.2) is 6.20 Å². The van der Waals surface area contributed by atoms with Crippen LogP contribution in [0.4, 0.5) is 0 Å². The molecule has 3 fully saturated rings. The van der Waals surface area contributed by atoms with E-state index in [-0.39, 0.29) is 19.6 Å². The quantitative estimate of drug-likeness (QED) is 0.0700. The van der Waals surface area contributed by atoms with Crippen molar-refractivity contribution in [3.8, 4) is 0 Å². The maximum absolute atomic E-state index is 12.8. The number of nitrogens with one attached hydrogen (secondary N) is 1. The average molecular weight is 771 g/mol. The van der Waals surface area contributed by atoms with Gasteiger partial charge >= 0.3 is 5.97 Å². The molecule has 53 heavy (non-hydrogen) atoms. The molecule has 3 aliphatic heterocycles. The van der Waals surface area contributed by atoms with Crippen molar-refractivity contribution in [2.24, 2.45) is 0 Å². The minimum Gasteiger partial charge on any atom is -0.477 e. The molecule has 23 nitrogen and oxygen atoms in total. The number of hydrogen-bond acceptors (Lipinski definition) is 20. The Morgan fingerprint density at radius 3 is 2.25 bits per heavy atom. The van der Waals surface area contributed by atoms with Crippen molar-refractivity contribution >= 4 is 11.9 Å². The van der Waals surface area contributed by atoms with Gasteiger partial charge in [0.15, 0.2) is 12.6 Å². The Morgan fingerprint density at radius 1 is 0.981 bits per heavy atom. The van der Waals surface area contributed by atoms with E-state index in [2.05, 4.69) is 15.6 Å². The summed E-state index contributed by atoms with van der Waals surface area (Å²) in [4.78, 5) is 25.0. The van der Waals surface area contributed by atoms with Crippen LogP contribution in [0.3, 0.4) is 0 Å². The number of aliphatic carboxylic acids is 1. The zero-order valence-electron chi connectivity index (χ0n) is 28.9. The predicted molar refractivity (Wildman–Crippen MR) is 168 cm³/mol. The minimum absolute atomic E-state index is 0.0607. The molecule has 16 atom stereocenters. The van der Waals surface area contributed by atoms with Crippen LogP contribution in [-0.4, -0.2) is 207 Å². The van der Waals surface area contributed by atoms with Crippen molar-refractivity contribution in [3.63, 3.8) is 0 Å². The maximum Gasteiger partial charge on any atom is 0.364 e. The van der Waals surface area contributed by atoms with Gasteiger partial charge in [-0.2, -0.15) is 0 Å². The number of rotatable bonds is 17. The van der Waals surface area contributed by atoms with Crippen LogP contribution in [0.25, 0.3) is 0 Å². The van der Waals surface area contributed by atoms with E-state index in [4.69, 9.17) is 28.4 Å². The topological polar surface area (TPSA) is 355 Å². The summed E-state index contributed by atoms with van der Waals surface area (Å²) in [5.74, 6) is -5.65. The lowest BCUT2D eigenvalue weighted by molar-refractivity contribution is -0.386. The molecule has 5 unspecified atom stereocenters. The van der Waals surface area contributed by atoms with E-state index in [9.17, 15) is 65.8 Å². The Kier molecular flexibility index (Phi) is 15.4. The van der Waals surface area contributed by atoms with Gasteiger partial charge in [0.1, 0.15) is 67.1 Å². The van der Waals surface area contributed by atoms with Crippen molar-refractivity contribution in [2.45, 2.75) is 137 Å². The summed E-state index contributed by atoms with van der Waals surface area (Å²) in [6, 6.07) is -1.54. The number of ether oxygens (including phenoxy) is 6. The molecule has 304 valence electrons. The lowest BCUT2D eigenvalue weighted by Gasteiger charge is -2.50. The van der Waals surface area contributed by atoms with Crippen LogP contribution in [0.1, 0.15) is 32.4 Å². The Bertz CT molecular complexity index is 1330. The highest BCUT2D eigenvalue weighted by Crippen LogP contribution is 2.38. The van der Waals surface area contributed by atoms with E-state index in [0.717, 1.165) is 5.69 Å². The van der Waals surface area contributed by atoms with Crippen molar-refractivity contribution in [1.82, 2.24) is 20.3 Å². The maximum atomic E-state index is 12.8. The predicted octanol–water partition coefficient (Wildman–Crippen LogP) is -6.95. The van der Waals surface area contributed by atoms with E-state index in [0.29, 0.717) is 6.42 Å². The molecule has 0 spiro atoms. The van der Waals surface area contributed by atoms with Crippen molar-refractivity contribution in [2.75, 3.05) is 26.4 Å². The van der Waals surface area contributed by atoms with E-state index in [1.165, 1.54) is 11.6 Å². The molecule has 1 amide bonds. The minimum atomic E-state index is -3.03. The SMILES string of the molecule is CCC(=O)N[C@H]1C([C@H](O)[C@H](O)CO)O[C@@](O[C@@H]2C(O)[C@H](O[C@@H]3C(CO)O[C@@H](OCCn4cc(CC)nn4)C(O)[C@H]3O)OC(CO)[C@@H]2O)(C(=O)O)C[C@H]1O. The summed E-state index contributed by atoms with van der Waals surface area (Å²) < 4.78 is 35.2. The molecular formula is C30H50N4O19. The lowest BCUT2D eigenvalue weighted by Crippen LogP contribution is -2.71. The van der Waals surface area contributed by atoms with Crippen molar-refractivity contribution < 1.29 is 94.2 Å². The summed E-state index contributed by atoms with van der Waals surface area (Å²) in [5, 5.41) is 126. The molecule has 12 N–H and O–H groups in total. The molecule has 1 aromatic heterocycles. The number of carboxylic acid groups (broad SMARTS) is 1. The molecule has 4 rings (SSSR count). The first-order valence-corrected chi connectivity index (χ1v) is 17.1. The highest BCUT2D eigenvalue weighted by molar-refractivity contribution is 5.77. The average Bonchev–Trinajstić information content (AvgIpc) is 3.61. The third-order valence-corrected chi connectivity index (χ3v) is 9.28. The smallest absolute Gasteiger partial charge is 0.364 e. The van der Waals surface area contributed by atoms with Crippen LogP contribution in [0.5, 0.6) is 0 Å². The number of hydrogen-bond donors (Lipinski definition) is 12. The Labute approximate surface area is 302 Å². The van der Waals surface area contributed by atoms with Gasteiger partial charge in [-0.25, -0.2) is 9.48 Å². The first-order chi connectivity index (χ1) is 25.1. The zero-order valence-corrected chi connectivity index (χ0v) is 28.9. The highest BCUT2D eigenvalue weighted by atomic mass is 16.8. The second-order valence-electron chi connectivity index (χ2n) is 12.9. The highest BCUT2D eigenvalue weighted by Gasteiger charge is 2.60. The molecule has 0 saturated carbocycles. The van der Waals surface area contributed by atoms with E-state index >= 15 is 0 Å². The molecule has 4 heterocycles. The van der Waals surface area contributed by atoms with Gasteiger partial charge in [-0.3, -0.25) is 4.79 Å². The number of nitrogens with zero attached hydrogens (tertiary/aromatic N) is 3. The van der Waals surface area contributed by atoms with Crippen LogP contribution < -0.4 is 5.32 Å². The molecule has 3 saturated heterocycles. The molecule has 23 heteroatoms. The van der Waals surface area contributed by atoms with E-state index in [1.54, 1.807) is 6.20 Å². The number of aryl methyl sites for hydroxylation is 1. The number of carbonyl (C=O) groups is 2. The van der Waals surface area contributed by atoms with Crippen LogP contribution in [-0.2, 0) is 51.0 Å². The van der Waals surface area contributed by atoms with Gasteiger partial charge in [0.05, 0.1) is 50.8 Å². The molecule has 1 aromatic rings. The van der Waals surface area contributed by atoms with Crippen molar-refractivity contribution in [1.29, 1.82) is 0 Å². The summed E-state index contributed by atoms with van der Waals surface area (Å²) >= 11 is 0. The number of aliphatic hydroxyl groups is 10. The number of aliphatic hydroxyl groups excluding tert-OH is 10. The normalized spacial score (nSPS) is 39.0. The lowest BCUT2D eigenvalue weighted by atomic mass is 9.88. The van der Waals surface area contributed by atoms with Gasteiger partial charge < -0.3 is 89.9 Å². The second-order valence-corrected chi connectivity index (χ2v) is 12.9. The third kappa shape index (κ3) is 9.64. The fourth-order valence-corrected chi connectivity index (χ4v) is 6.21. The monoisotopic (exact) mass is 770 g/mol. The van der Waals surface area contributed by atoms with Gasteiger partial charge in [-0.1, -0.05) is 19.1 Å². The zero-order chi connectivity index (χ0) is 39.2. The fraction of sp³-hybridized carbons (Fsp3) is 0.867. The molecule has 0 radical (unpaired) electrons. The number of carboxylic acids is 1. The summed E-state index contributed by atoms with van der Waals surface area (Å²) in [5.41, 5.74) is 0.735. The van der Waals surface area contributed by atoms with Gasteiger partial charge in [0.2, 0.25) is 5.91 Å². The van der Waals surface area contributed by atoms with Gasteiger partial charge in [0.25, 0.3) is 5.79 Å². The second kappa shape index (κ2) is 18.9. The Hall–Kier alpha value is -2.56. The van der Waals surface area contributed by atoms with E-state index in [1.807, 2.05) is 6.92 Å². The first kappa shape index (κ1) is 43.2. The third-order valence-electron chi connectivity index (χ3n) is 9.28. The fourth-order valence-electron chi connectivity index (χ4n) is 6.21. The van der Waals surface area contributed by atoms with Gasteiger partial charge in [0, 0.05) is 19.0 Å². The largest absolute Gasteiger partial charge is 0.477 e. The first-order valence-electron chi connectivity index (χ1n) is 17.1. The van der Waals surface area contributed by atoms with Crippen LogP contribution in [0.2, 0.25) is 0 Å². The van der Waals surface area contributed by atoms with Crippen LogP contribution >= 0.6 is 0 Å². The molecular weight excluding hydrogens is 720 g/mol. The number of carbonyl (C=O) groups excluding carboxylic acids is 1. The Morgan fingerprint density at radius 2 is 1.66 bits per heavy atom. The number of amides is 1. The number of aromatic nitrogens is 3. The molecule has 0 bridgehead atoms. The van der Waals surface area contributed by atoms with Gasteiger partial charge in [-0.05, 0) is 6.42 Å². The standard InChI is InChI=1S/C30H50N4O19/c1-3-12-8-34(33-32-12)5-6-48-27-22(44)21(43)24(16(11-37)50-27)51-28-23(45)26(20(42)15(10-36)49-28)53-30(29(46)47)7-13(38)18(31-17(40)4-2)25(52-30)19(41)14(39)9-35/h8,13-16,18-28,35-39,41-45H,3-7,9-11H2,1-2H3,(H,31,40)(H,46,47)/t13-,14-,15?,16?,18-,19-,20+,21-,22?,23?,24-,25?,26+,27-,28+,30+/m1/s1. The van der Waals surface area contributed by atoms with E-state index < -0.39 is 136 Å². The Balaban J connectivity index is 1.53. The summed E-state index contributed by atoms with van der Waals surface area (Å²) in [6.07, 6.45) is -24.9. The molecule has 0 aromatic carbocycles. The molecule has 0 aliphatic carbocycles. The summed E-state index contributed by atoms with van der Waals surface area (Å²) in [6.45, 7) is 0.662. The molecule has 3 aliphatic rings. The summed E-state index contributed by atoms with van der Waals surface area (Å²) in [7, 11) is 0. The van der Waals surface area contributed by atoms with Crippen molar-refractivity contribution in [3.05, 3.63) is 11.9 Å². The van der Waals surface area contributed by atoms with Gasteiger partial charge in [-0.15, -0.1) is 5.10 Å². The van der Waals surface area contributed by atoms with Crippen LogP contribution in [0, 0.1) is 0 Å².